The lowest BCUT2D eigenvalue weighted by Crippen LogP contribution is -2.50. The summed E-state index contributed by atoms with van der Waals surface area (Å²) in [7, 11) is 0. The second-order valence-electron chi connectivity index (χ2n) is 6.36. The third-order valence-electron chi connectivity index (χ3n) is 4.75. The lowest BCUT2D eigenvalue weighted by atomic mass is 9.93. The van der Waals surface area contributed by atoms with Crippen molar-refractivity contribution in [2.75, 3.05) is 39.4 Å². The summed E-state index contributed by atoms with van der Waals surface area (Å²) in [6.07, 6.45) is 0.856. The molecule has 3 rings (SSSR count). The van der Waals surface area contributed by atoms with E-state index in [0.717, 1.165) is 13.0 Å². The first-order chi connectivity index (χ1) is 11.6. The molecule has 1 aromatic carbocycles. The summed E-state index contributed by atoms with van der Waals surface area (Å²) >= 11 is 0. The molecule has 2 fully saturated rings. The van der Waals surface area contributed by atoms with Gasteiger partial charge in [-0.25, -0.2) is 0 Å². The number of amides is 2. The highest BCUT2D eigenvalue weighted by Crippen LogP contribution is 2.24. The summed E-state index contributed by atoms with van der Waals surface area (Å²) in [5, 5.41) is 0. The number of nitrogens with zero attached hydrogens (tertiary/aromatic N) is 2. The van der Waals surface area contributed by atoms with Gasteiger partial charge in [0.05, 0.1) is 12.7 Å². The molecule has 2 heterocycles. The van der Waals surface area contributed by atoms with E-state index < -0.39 is 0 Å². The van der Waals surface area contributed by atoms with Gasteiger partial charge in [-0.05, 0) is 18.6 Å². The molecule has 24 heavy (non-hydrogen) atoms. The van der Waals surface area contributed by atoms with Crippen LogP contribution in [-0.2, 0) is 14.3 Å². The third kappa shape index (κ3) is 4.06. The van der Waals surface area contributed by atoms with Crippen LogP contribution in [0.5, 0.6) is 5.75 Å². The normalized spacial score (nSPS) is 24.0. The first kappa shape index (κ1) is 16.8. The van der Waals surface area contributed by atoms with Crippen molar-refractivity contribution in [3.8, 4) is 5.75 Å². The van der Waals surface area contributed by atoms with E-state index in [0.29, 0.717) is 37.9 Å². The zero-order valence-electron chi connectivity index (χ0n) is 14.0. The Hall–Kier alpha value is -2.08. The van der Waals surface area contributed by atoms with Crippen LogP contribution >= 0.6 is 0 Å². The van der Waals surface area contributed by atoms with Crippen LogP contribution in [0.4, 0.5) is 0 Å². The van der Waals surface area contributed by atoms with Gasteiger partial charge in [-0.3, -0.25) is 9.59 Å². The van der Waals surface area contributed by atoms with Crippen molar-refractivity contribution >= 4 is 11.8 Å². The van der Waals surface area contributed by atoms with Gasteiger partial charge in [0.25, 0.3) is 5.91 Å². The predicted octanol–water partition coefficient (Wildman–Crippen LogP) is 1.16. The van der Waals surface area contributed by atoms with Crippen LogP contribution in [0.25, 0.3) is 0 Å². The average Bonchev–Trinajstić information content (AvgIpc) is 2.82. The molecule has 2 aliphatic heterocycles. The number of piperidine rings is 1. The Labute approximate surface area is 142 Å². The van der Waals surface area contributed by atoms with Crippen molar-refractivity contribution in [1.29, 1.82) is 0 Å². The highest BCUT2D eigenvalue weighted by molar-refractivity contribution is 5.78. The highest BCUT2D eigenvalue weighted by Gasteiger charge is 2.35. The van der Waals surface area contributed by atoms with Crippen LogP contribution in [0.3, 0.4) is 0 Å². The van der Waals surface area contributed by atoms with Gasteiger partial charge >= 0.3 is 0 Å². The van der Waals surface area contributed by atoms with Crippen LogP contribution < -0.4 is 4.74 Å². The Balaban J connectivity index is 1.52. The number of hydrogen-bond donors (Lipinski definition) is 0. The van der Waals surface area contributed by atoms with Crippen molar-refractivity contribution in [1.82, 2.24) is 9.80 Å². The molecule has 2 amide bonds. The number of carbonyl (C=O) groups is 2. The number of benzene rings is 1. The Morgan fingerprint density at radius 3 is 2.71 bits per heavy atom. The summed E-state index contributed by atoms with van der Waals surface area (Å²) < 4.78 is 11.4. The molecule has 0 bridgehead atoms. The largest absolute Gasteiger partial charge is 0.484 e. The number of hydrogen-bond acceptors (Lipinski definition) is 4. The fourth-order valence-corrected chi connectivity index (χ4v) is 3.32. The number of likely N-dealkylation sites (tertiary alicyclic amines) is 1. The van der Waals surface area contributed by atoms with E-state index in [2.05, 4.69) is 0 Å². The minimum absolute atomic E-state index is 0.00350. The molecule has 0 aliphatic carbocycles. The fourth-order valence-electron chi connectivity index (χ4n) is 3.32. The number of para-hydroxylation sites is 1. The van der Waals surface area contributed by atoms with E-state index in [-0.39, 0.29) is 24.5 Å². The van der Waals surface area contributed by atoms with Crippen molar-refractivity contribution in [3.63, 3.8) is 0 Å². The van der Waals surface area contributed by atoms with Crippen LogP contribution in [0.2, 0.25) is 0 Å². The molecule has 2 saturated heterocycles. The van der Waals surface area contributed by atoms with E-state index in [9.17, 15) is 9.59 Å². The quantitative estimate of drug-likeness (QED) is 0.833. The second-order valence-corrected chi connectivity index (χ2v) is 6.36. The summed E-state index contributed by atoms with van der Waals surface area (Å²) in [4.78, 5) is 27.7. The molecule has 0 saturated carbocycles. The Morgan fingerprint density at radius 2 is 1.96 bits per heavy atom. The third-order valence-corrected chi connectivity index (χ3v) is 4.75. The zero-order chi connectivity index (χ0) is 16.9. The summed E-state index contributed by atoms with van der Waals surface area (Å²) in [6.45, 7) is 4.79. The number of ether oxygens (including phenoxy) is 2. The smallest absolute Gasteiger partial charge is 0.260 e. The van der Waals surface area contributed by atoms with Crippen molar-refractivity contribution in [2.24, 2.45) is 5.92 Å². The van der Waals surface area contributed by atoms with Crippen molar-refractivity contribution in [3.05, 3.63) is 30.3 Å². The SMILES string of the molecule is CC(=O)N1CCO[C@H]2CN(C(=O)COc3ccccc3)CC[C@H]2C1. The first-order valence-electron chi connectivity index (χ1n) is 8.46. The van der Waals surface area contributed by atoms with Gasteiger partial charge in [0.15, 0.2) is 6.61 Å². The van der Waals surface area contributed by atoms with Gasteiger partial charge in [0.2, 0.25) is 5.91 Å². The van der Waals surface area contributed by atoms with E-state index in [1.165, 1.54) is 0 Å². The maximum atomic E-state index is 12.4. The van der Waals surface area contributed by atoms with E-state index >= 15 is 0 Å². The van der Waals surface area contributed by atoms with Gasteiger partial charge in [-0.15, -0.1) is 0 Å². The summed E-state index contributed by atoms with van der Waals surface area (Å²) in [5.41, 5.74) is 0. The van der Waals surface area contributed by atoms with Crippen LogP contribution in [-0.4, -0.2) is 67.1 Å². The molecule has 2 atom stereocenters. The molecule has 0 N–H and O–H groups in total. The Bertz CT molecular complexity index is 578. The number of rotatable bonds is 3. The fraction of sp³-hybridized carbons (Fsp3) is 0.556. The Morgan fingerprint density at radius 1 is 1.17 bits per heavy atom. The van der Waals surface area contributed by atoms with Crippen LogP contribution in [0.1, 0.15) is 13.3 Å². The van der Waals surface area contributed by atoms with E-state index in [1.807, 2.05) is 40.1 Å². The zero-order valence-corrected chi connectivity index (χ0v) is 14.0. The minimum atomic E-state index is -0.0198. The topological polar surface area (TPSA) is 59.1 Å². The first-order valence-corrected chi connectivity index (χ1v) is 8.46. The van der Waals surface area contributed by atoms with Gasteiger partial charge in [0.1, 0.15) is 5.75 Å². The molecule has 6 heteroatoms. The Kier molecular flexibility index (Phi) is 5.35. The maximum Gasteiger partial charge on any atom is 0.260 e. The molecule has 2 aliphatic rings. The molecule has 130 valence electrons. The molecule has 1 aromatic rings. The monoisotopic (exact) mass is 332 g/mol. The number of fused-ring (bicyclic) bond motifs is 1. The maximum absolute atomic E-state index is 12.4. The van der Waals surface area contributed by atoms with Gasteiger partial charge < -0.3 is 19.3 Å². The lowest BCUT2D eigenvalue weighted by molar-refractivity contribution is -0.139. The molecule has 0 spiro atoms. The van der Waals surface area contributed by atoms with Gasteiger partial charge in [-0.2, -0.15) is 0 Å². The molecule has 6 nitrogen and oxygen atoms in total. The second kappa shape index (κ2) is 7.66. The summed E-state index contributed by atoms with van der Waals surface area (Å²) in [5.74, 6) is 1.07. The van der Waals surface area contributed by atoms with Crippen molar-refractivity contribution < 1.29 is 19.1 Å². The molecular formula is C18H24N2O4. The standard InChI is InChI=1S/C18H24N2O4/c1-14(21)19-9-10-23-17-12-20(8-7-15(17)11-19)18(22)13-24-16-5-3-2-4-6-16/h2-6,15,17H,7-13H2,1H3/t15-,17-/m0/s1. The predicted molar refractivity (Wildman–Crippen MR) is 88.6 cm³/mol. The van der Waals surface area contributed by atoms with Crippen LogP contribution in [0.15, 0.2) is 30.3 Å². The van der Waals surface area contributed by atoms with Crippen molar-refractivity contribution in [2.45, 2.75) is 19.4 Å². The molecule has 0 radical (unpaired) electrons. The molecular weight excluding hydrogens is 308 g/mol. The molecule has 0 unspecified atom stereocenters. The lowest BCUT2D eigenvalue weighted by Gasteiger charge is -2.37. The minimum Gasteiger partial charge on any atom is -0.484 e. The summed E-state index contributed by atoms with van der Waals surface area (Å²) in [6, 6.07) is 9.35. The van der Waals surface area contributed by atoms with E-state index in [1.54, 1.807) is 6.92 Å². The van der Waals surface area contributed by atoms with Crippen LogP contribution in [0, 0.1) is 5.92 Å². The average molecular weight is 332 g/mol. The highest BCUT2D eigenvalue weighted by atomic mass is 16.5. The number of carbonyl (C=O) groups excluding carboxylic acids is 2. The molecule has 0 aromatic heterocycles. The van der Waals surface area contributed by atoms with Gasteiger partial charge in [0, 0.05) is 39.0 Å². The van der Waals surface area contributed by atoms with Gasteiger partial charge in [-0.1, -0.05) is 18.2 Å². The van der Waals surface area contributed by atoms with E-state index in [4.69, 9.17) is 9.47 Å².